The van der Waals surface area contributed by atoms with Gasteiger partial charge in [0.1, 0.15) is 5.82 Å². The van der Waals surface area contributed by atoms with Crippen LogP contribution in [0.4, 0.5) is 4.39 Å². The quantitative estimate of drug-likeness (QED) is 0.715. The minimum atomic E-state index is -0.214. The van der Waals surface area contributed by atoms with Crippen molar-refractivity contribution in [2.75, 3.05) is 13.1 Å². The van der Waals surface area contributed by atoms with Crippen molar-refractivity contribution in [1.82, 2.24) is 20.2 Å². The molecule has 0 aliphatic carbocycles. The van der Waals surface area contributed by atoms with Gasteiger partial charge in [0.25, 0.3) is 0 Å². The number of likely N-dealkylation sites (tertiary alicyclic amines) is 1. The Morgan fingerprint density at radius 2 is 1.79 bits per heavy atom. The smallest absolute Gasteiger partial charge is 0.214 e. The first-order valence-corrected chi connectivity index (χ1v) is 10.1. The van der Waals surface area contributed by atoms with E-state index < -0.39 is 0 Å². The highest BCUT2D eigenvalue weighted by Gasteiger charge is 2.33. The SMILES string of the molecule is CC1CC[NH+]([C@@H](c2ccc(F)cc2)c2nnnn2CCc2ccccc2)CC1. The summed E-state index contributed by atoms with van der Waals surface area (Å²) in [6.07, 6.45) is 3.26. The van der Waals surface area contributed by atoms with E-state index in [1.165, 1.54) is 35.4 Å². The molecule has 0 amide bonds. The third-order valence-electron chi connectivity index (χ3n) is 5.80. The average molecular weight is 380 g/mol. The van der Waals surface area contributed by atoms with E-state index in [-0.39, 0.29) is 11.9 Å². The zero-order chi connectivity index (χ0) is 19.3. The zero-order valence-corrected chi connectivity index (χ0v) is 16.3. The second kappa shape index (κ2) is 8.61. The number of aromatic nitrogens is 4. The lowest BCUT2D eigenvalue weighted by molar-refractivity contribution is -0.932. The predicted molar refractivity (Wildman–Crippen MR) is 105 cm³/mol. The van der Waals surface area contributed by atoms with Crippen molar-refractivity contribution < 1.29 is 9.29 Å². The molecule has 0 saturated carbocycles. The summed E-state index contributed by atoms with van der Waals surface area (Å²) in [5, 5.41) is 12.7. The monoisotopic (exact) mass is 380 g/mol. The van der Waals surface area contributed by atoms with Crippen molar-refractivity contribution >= 4 is 0 Å². The summed E-state index contributed by atoms with van der Waals surface area (Å²) in [4.78, 5) is 1.46. The number of nitrogens with zero attached hydrogens (tertiary/aromatic N) is 4. The van der Waals surface area contributed by atoms with E-state index in [2.05, 4.69) is 46.7 Å². The van der Waals surface area contributed by atoms with Gasteiger partial charge in [0, 0.05) is 12.1 Å². The largest absolute Gasteiger partial charge is 0.322 e. The van der Waals surface area contributed by atoms with Gasteiger partial charge >= 0.3 is 0 Å². The maximum absolute atomic E-state index is 13.5. The van der Waals surface area contributed by atoms with Gasteiger partial charge in [0.05, 0.1) is 13.1 Å². The summed E-state index contributed by atoms with van der Waals surface area (Å²) in [5.74, 6) is 1.41. The molecule has 6 heteroatoms. The fourth-order valence-electron chi connectivity index (χ4n) is 4.10. The van der Waals surface area contributed by atoms with E-state index in [0.717, 1.165) is 43.4 Å². The number of halogens is 1. The molecule has 28 heavy (non-hydrogen) atoms. The summed E-state index contributed by atoms with van der Waals surface area (Å²) in [5.41, 5.74) is 2.34. The lowest BCUT2D eigenvalue weighted by Crippen LogP contribution is -3.13. The second-order valence-corrected chi connectivity index (χ2v) is 7.82. The molecule has 0 unspecified atom stereocenters. The van der Waals surface area contributed by atoms with E-state index in [4.69, 9.17) is 0 Å². The van der Waals surface area contributed by atoms with Gasteiger partial charge < -0.3 is 4.90 Å². The Bertz CT molecular complexity index is 869. The lowest BCUT2D eigenvalue weighted by Gasteiger charge is -2.33. The molecule has 146 valence electrons. The van der Waals surface area contributed by atoms with Crippen LogP contribution in [0.2, 0.25) is 0 Å². The molecule has 1 aliphatic rings. The Morgan fingerprint density at radius 1 is 1.07 bits per heavy atom. The summed E-state index contributed by atoms with van der Waals surface area (Å²) in [7, 11) is 0. The van der Waals surface area contributed by atoms with Crippen LogP contribution in [0.3, 0.4) is 0 Å². The molecule has 5 nitrogen and oxygen atoms in total. The highest BCUT2D eigenvalue weighted by Crippen LogP contribution is 2.20. The first-order valence-electron chi connectivity index (χ1n) is 10.1. The van der Waals surface area contributed by atoms with Gasteiger partial charge in [0.15, 0.2) is 6.04 Å². The number of piperidine rings is 1. The normalized spacial score (nSPS) is 20.8. The van der Waals surface area contributed by atoms with E-state index in [9.17, 15) is 4.39 Å². The second-order valence-electron chi connectivity index (χ2n) is 7.82. The minimum Gasteiger partial charge on any atom is -0.322 e. The molecule has 4 rings (SSSR count). The number of aryl methyl sites for hydroxylation is 2. The fraction of sp³-hybridized carbons (Fsp3) is 0.409. The molecule has 1 atom stereocenters. The Kier molecular flexibility index (Phi) is 5.76. The van der Waals surface area contributed by atoms with Gasteiger partial charge in [-0.05, 0) is 65.4 Å². The van der Waals surface area contributed by atoms with Crippen molar-refractivity contribution in [3.8, 4) is 0 Å². The van der Waals surface area contributed by atoms with Crippen molar-refractivity contribution in [3.05, 3.63) is 77.4 Å². The van der Waals surface area contributed by atoms with Crippen LogP contribution in [0.15, 0.2) is 54.6 Å². The molecule has 1 aromatic heterocycles. The van der Waals surface area contributed by atoms with Crippen LogP contribution in [0.1, 0.15) is 42.8 Å². The van der Waals surface area contributed by atoms with E-state index in [0.29, 0.717) is 0 Å². The van der Waals surface area contributed by atoms with Crippen molar-refractivity contribution in [1.29, 1.82) is 0 Å². The molecule has 1 saturated heterocycles. The number of quaternary nitrogens is 1. The molecule has 0 radical (unpaired) electrons. The van der Waals surface area contributed by atoms with Crippen molar-refractivity contribution in [2.45, 2.75) is 38.8 Å². The molecule has 2 aromatic carbocycles. The Morgan fingerprint density at radius 3 is 2.50 bits per heavy atom. The molecule has 2 heterocycles. The molecule has 0 bridgehead atoms. The molecular formula is C22H27FN5+. The van der Waals surface area contributed by atoms with Crippen molar-refractivity contribution in [2.24, 2.45) is 5.92 Å². The first kappa shape index (κ1) is 18.7. The molecule has 1 aliphatic heterocycles. The van der Waals surface area contributed by atoms with Crippen LogP contribution in [0.25, 0.3) is 0 Å². The van der Waals surface area contributed by atoms with Crippen molar-refractivity contribution in [3.63, 3.8) is 0 Å². The van der Waals surface area contributed by atoms with Crippen LogP contribution in [-0.4, -0.2) is 33.3 Å². The molecule has 1 N–H and O–H groups in total. The van der Waals surface area contributed by atoms with Crippen LogP contribution >= 0.6 is 0 Å². The standard InChI is InChI=1S/C22H26FN5/c1-17-11-14-27(15-12-17)21(19-7-9-20(23)10-8-19)22-24-25-26-28(22)16-13-18-5-3-2-4-6-18/h2-10,17,21H,11-16H2,1H3/p+1/t21-/m0/s1. The summed E-state index contributed by atoms with van der Waals surface area (Å²) in [6, 6.07) is 17.2. The summed E-state index contributed by atoms with van der Waals surface area (Å²) >= 11 is 0. The van der Waals surface area contributed by atoms with Gasteiger partial charge in [-0.25, -0.2) is 9.07 Å². The van der Waals surface area contributed by atoms with Gasteiger partial charge in [-0.2, -0.15) is 0 Å². The third kappa shape index (κ3) is 4.28. The van der Waals surface area contributed by atoms with Gasteiger partial charge in [-0.3, -0.25) is 0 Å². The van der Waals surface area contributed by atoms with Gasteiger partial charge in [-0.15, -0.1) is 5.10 Å². The van der Waals surface area contributed by atoms with E-state index in [1.807, 2.05) is 22.9 Å². The average Bonchev–Trinajstić information content (AvgIpc) is 3.18. The van der Waals surface area contributed by atoms with Gasteiger partial charge in [-0.1, -0.05) is 37.3 Å². The Hall–Kier alpha value is -2.60. The van der Waals surface area contributed by atoms with Crippen LogP contribution < -0.4 is 4.90 Å². The number of benzene rings is 2. The number of rotatable bonds is 6. The molecule has 1 fully saturated rings. The van der Waals surface area contributed by atoms with Crippen LogP contribution in [0, 0.1) is 11.7 Å². The number of nitrogens with one attached hydrogen (secondary N) is 1. The minimum absolute atomic E-state index is 0.0267. The maximum Gasteiger partial charge on any atom is 0.214 e. The van der Waals surface area contributed by atoms with Gasteiger partial charge in [0.2, 0.25) is 5.82 Å². The van der Waals surface area contributed by atoms with E-state index >= 15 is 0 Å². The highest BCUT2D eigenvalue weighted by molar-refractivity contribution is 5.23. The Labute approximate surface area is 165 Å². The maximum atomic E-state index is 13.5. The molecular weight excluding hydrogens is 353 g/mol. The van der Waals surface area contributed by atoms with E-state index in [1.54, 1.807) is 0 Å². The zero-order valence-electron chi connectivity index (χ0n) is 16.3. The Balaban J connectivity index is 1.61. The number of tetrazole rings is 1. The van der Waals surface area contributed by atoms with Crippen LogP contribution in [-0.2, 0) is 13.0 Å². The number of hydrogen-bond donors (Lipinski definition) is 1. The van der Waals surface area contributed by atoms with Crippen LogP contribution in [0.5, 0.6) is 0 Å². The fourth-order valence-corrected chi connectivity index (χ4v) is 4.10. The summed E-state index contributed by atoms with van der Waals surface area (Å²) < 4.78 is 15.4. The third-order valence-corrected chi connectivity index (χ3v) is 5.80. The number of hydrogen-bond acceptors (Lipinski definition) is 3. The molecule has 0 spiro atoms. The first-order chi connectivity index (χ1) is 13.7. The molecule has 3 aromatic rings. The highest BCUT2D eigenvalue weighted by atomic mass is 19.1. The topological polar surface area (TPSA) is 48.0 Å². The summed E-state index contributed by atoms with van der Waals surface area (Å²) in [6.45, 7) is 5.20. The predicted octanol–water partition coefficient (Wildman–Crippen LogP) is 2.46. The lowest BCUT2D eigenvalue weighted by atomic mass is 9.95.